The summed E-state index contributed by atoms with van der Waals surface area (Å²) in [5.74, 6) is 1.14. The highest BCUT2D eigenvalue weighted by Gasteiger charge is 2.22. The molecule has 1 amide bonds. The van der Waals surface area contributed by atoms with Crippen LogP contribution in [0.1, 0.15) is 41.5 Å². The van der Waals surface area contributed by atoms with Gasteiger partial charge in [0, 0.05) is 18.6 Å². The summed E-state index contributed by atoms with van der Waals surface area (Å²) < 4.78 is 3.58. The molecule has 3 aromatic rings. The van der Waals surface area contributed by atoms with Crippen LogP contribution in [0.15, 0.2) is 34.2 Å². The maximum Gasteiger partial charge on any atom is 0.262 e. The van der Waals surface area contributed by atoms with E-state index in [9.17, 15) is 9.59 Å². The van der Waals surface area contributed by atoms with Crippen LogP contribution in [0.3, 0.4) is 0 Å². The lowest BCUT2D eigenvalue weighted by atomic mass is 10.2. The largest absolute Gasteiger partial charge is 0.337 e. The van der Waals surface area contributed by atoms with E-state index in [0.717, 1.165) is 5.52 Å². The second-order valence-electron chi connectivity index (χ2n) is 8.22. The summed E-state index contributed by atoms with van der Waals surface area (Å²) >= 11 is 1.36. The quantitative estimate of drug-likeness (QED) is 0.553. The zero-order chi connectivity index (χ0) is 21.3. The first-order valence-electron chi connectivity index (χ1n) is 10.0. The van der Waals surface area contributed by atoms with Crippen LogP contribution in [-0.4, -0.2) is 47.8 Å². The molecule has 156 valence electrons. The third-order valence-corrected chi connectivity index (χ3v) is 5.67. The van der Waals surface area contributed by atoms with Gasteiger partial charge in [-0.15, -0.1) is 10.2 Å². The van der Waals surface area contributed by atoms with Gasteiger partial charge in [0.2, 0.25) is 11.7 Å². The van der Waals surface area contributed by atoms with Crippen molar-refractivity contribution in [3.8, 4) is 0 Å². The number of thioether (sulfide) groups is 1. The predicted molar refractivity (Wildman–Crippen MR) is 117 cm³/mol. The van der Waals surface area contributed by atoms with Gasteiger partial charge in [0.15, 0.2) is 5.16 Å². The van der Waals surface area contributed by atoms with Crippen molar-refractivity contribution in [2.24, 2.45) is 5.92 Å². The predicted octanol–water partition coefficient (Wildman–Crippen LogP) is 3.44. The highest BCUT2D eigenvalue weighted by Crippen LogP contribution is 2.23. The number of amides is 1. The molecule has 0 saturated carbocycles. The van der Waals surface area contributed by atoms with E-state index < -0.39 is 0 Å². The maximum atomic E-state index is 13.0. The standard InChI is InChI=1S/C21H29N5O2S/c1-13(2)11-24-19(28)16-9-7-8-10-17(16)26-20(24)22-23-21(26)29-12-18(27)25(14(3)4)15(5)6/h7-10,13-15H,11-12H2,1-6H3. The normalized spacial score (nSPS) is 12.0. The van der Waals surface area contributed by atoms with Crippen LogP contribution in [0.5, 0.6) is 0 Å². The molecular formula is C21H29N5O2S. The number of fused-ring (bicyclic) bond motifs is 3. The van der Waals surface area contributed by atoms with Crippen LogP contribution in [0, 0.1) is 5.92 Å². The van der Waals surface area contributed by atoms with Gasteiger partial charge in [-0.1, -0.05) is 37.7 Å². The Morgan fingerprint density at radius 2 is 1.72 bits per heavy atom. The lowest BCUT2D eigenvalue weighted by Crippen LogP contribution is -2.43. The van der Waals surface area contributed by atoms with E-state index in [1.807, 2.05) is 61.3 Å². The van der Waals surface area contributed by atoms with Crippen LogP contribution in [-0.2, 0) is 11.3 Å². The highest BCUT2D eigenvalue weighted by atomic mass is 32.2. The summed E-state index contributed by atoms with van der Waals surface area (Å²) in [5.41, 5.74) is 0.699. The minimum Gasteiger partial charge on any atom is -0.337 e. The number of rotatable bonds is 7. The second-order valence-corrected chi connectivity index (χ2v) is 9.16. The van der Waals surface area contributed by atoms with Gasteiger partial charge in [-0.05, 0) is 45.7 Å². The van der Waals surface area contributed by atoms with Gasteiger partial charge in [-0.2, -0.15) is 0 Å². The van der Waals surface area contributed by atoms with Crippen molar-refractivity contribution in [2.45, 2.75) is 65.3 Å². The van der Waals surface area contributed by atoms with Crippen LogP contribution < -0.4 is 5.56 Å². The van der Waals surface area contributed by atoms with Gasteiger partial charge in [0.05, 0.1) is 16.7 Å². The number of nitrogens with zero attached hydrogens (tertiary/aromatic N) is 5. The lowest BCUT2D eigenvalue weighted by Gasteiger charge is -2.30. The fourth-order valence-electron chi connectivity index (χ4n) is 3.73. The van der Waals surface area contributed by atoms with E-state index in [4.69, 9.17) is 0 Å². The average Bonchev–Trinajstić information content (AvgIpc) is 3.06. The number of hydrogen-bond acceptors (Lipinski definition) is 5. The fourth-order valence-corrected chi connectivity index (χ4v) is 4.54. The fraction of sp³-hybridized carbons (Fsp3) is 0.524. The van der Waals surface area contributed by atoms with E-state index in [-0.39, 0.29) is 35.2 Å². The molecule has 0 spiro atoms. The van der Waals surface area contributed by atoms with Crippen LogP contribution in [0.4, 0.5) is 0 Å². The Balaban J connectivity index is 2.05. The Morgan fingerprint density at radius 3 is 2.34 bits per heavy atom. The van der Waals surface area contributed by atoms with Gasteiger partial charge in [0.1, 0.15) is 0 Å². The summed E-state index contributed by atoms with van der Waals surface area (Å²) in [4.78, 5) is 27.7. The molecule has 2 heterocycles. The number of carbonyl (C=O) groups is 1. The molecule has 29 heavy (non-hydrogen) atoms. The van der Waals surface area contributed by atoms with E-state index in [1.165, 1.54) is 11.8 Å². The van der Waals surface area contributed by atoms with Crippen molar-refractivity contribution >= 4 is 34.3 Å². The van der Waals surface area contributed by atoms with Gasteiger partial charge in [-0.3, -0.25) is 18.6 Å². The SMILES string of the molecule is CC(C)Cn1c(=O)c2ccccc2n2c(SCC(=O)N(C(C)C)C(C)C)nnc12. The van der Waals surface area contributed by atoms with Crippen molar-refractivity contribution in [1.29, 1.82) is 0 Å². The van der Waals surface area contributed by atoms with Gasteiger partial charge in [-0.25, -0.2) is 0 Å². The molecule has 0 atom stereocenters. The molecule has 0 aliphatic carbocycles. The van der Waals surface area contributed by atoms with Gasteiger partial charge >= 0.3 is 0 Å². The number of hydrogen-bond donors (Lipinski definition) is 0. The third kappa shape index (κ3) is 4.17. The van der Waals surface area contributed by atoms with Crippen molar-refractivity contribution < 1.29 is 4.79 Å². The van der Waals surface area contributed by atoms with Gasteiger partial charge in [0.25, 0.3) is 5.56 Å². The molecule has 0 unspecified atom stereocenters. The monoisotopic (exact) mass is 415 g/mol. The Bertz CT molecular complexity index is 1080. The molecule has 0 N–H and O–H groups in total. The summed E-state index contributed by atoms with van der Waals surface area (Å²) in [7, 11) is 0. The molecule has 0 fully saturated rings. The molecule has 8 heteroatoms. The van der Waals surface area contributed by atoms with Crippen LogP contribution >= 0.6 is 11.8 Å². The Hall–Kier alpha value is -2.35. The molecule has 7 nitrogen and oxygen atoms in total. The summed E-state index contributed by atoms with van der Waals surface area (Å²) in [5, 5.41) is 9.87. The smallest absolute Gasteiger partial charge is 0.262 e. The maximum absolute atomic E-state index is 13.0. The molecule has 0 radical (unpaired) electrons. The Kier molecular flexibility index (Phi) is 6.31. The number of benzene rings is 1. The summed E-state index contributed by atoms with van der Waals surface area (Å²) in [6, 6.07) is 7.75. The minimum absolute atomic E-state index is 0.0624. The molecule has 0 saturated heterocycles. The lowest BCUT2D eigenvalue weighted by molar-refractivity contribution is -0.131. The molecule has 0 aliphatic rings. The first kappa shape index (κ1) is 21.4. The van der Waals surface area contributed by atoms with Crippen molar-refractivity contribution in [2.75, 3.05) is 5.75 Å². The van der Waals surface area contributed by atoms with E-state index >= 15 is 0 Å². The Morgan fingerprint density at radius 1 is 1.07 bits per heavy atom. The molecule has 0 aliphatic heterocycles. The molecule has 1 aromatic carbocycles. The van der Waals surface area contributed by atoms with E-state index in [1.54, 1.807) is 4.57 Å². The topological polar surface area (TPSA) is 72.5 Å². The molecule has 3 rings (SSSR count). The van der Waals surface area contributed by atoms with Crippen molar-refractivity contribution in [3.05, 3.63) is 34.6 Å². The highest BCUT2D eigenvalue weighted by molar-refractivity contribution is 7.99. The van der Waals surface area contributed by atoms with Crippen LogP contribution in [0.25, 0.3) is 16.7 Å². The summed E-state index contributed by atoms with van der Waals surface area (Å²) in [6.07, 6.45) is 0. The van der Waals surface area contributed by atoms with E-state index in [0.29, 0.717) is 22.9 Å². The number of carbonyl (C=O) groups excluding carboxylic acids is 1. The first-order chi connectivity index (χ1) is 13.7. The molecular weight excluding hydrogens is 386 g/mol. The molecule has 0 bridgehead atoms. The zero-order valence-corrected chi connectivity index (χ0v) is 18.7. The first-order valence-corrected chi connectivity index (χ1v) is 11.0. The van der Waals surface area contributed by atoms with Crippen LogP contribution in [0.2, 0.25) is 0 Å². The van der Waals surface area contributed by atoms with E-state index in [2.05, 4.69) is 24.0 Å². The average molecular weight is 416 g/mol. The minimum atomic E-state index is -0.0624. The third-order valence-electron chi connectivity index (χ3n) is 4.75. The zero-order valence-electron chi connectivity index (χ0n) is 17.9. The van der Waals surface area contributed by atoms with Crippen molar-refractivity contribution in [1.82, 2.24) is 24.1 Å². The summed E-state index contributed by atoms with van der Waals surface area (Å²) in [6.45, 7) is 12.8. The number of aromatic nitrogens is 4. The molecule has 2 aromatic heterocycles. The number of para-hydroxylation sites is 1. The second kappa shape index (κ2) is 8.57. The van der Waals surface area contributed by atoms with Crippen molar-refractivity contribution in [3.63, 3.8) is 0 Å². The Labute approximate surface area is 175 Å². The van der Waals surface area contributed by atoms with Gasteiger partial charge < -0.3 is 4.90 Å².